The third kappa shape index (κ3) is 1.39. The number of hydrogen-bond acceptors (Lipinski definition) is 3. The lowest BCUT2D eigenvalue weighted by molar-refractivity contribution is 0.201. The minimum absolute atomic E-state index is 0.113. The first-order valence-electron chi connectivity index (χ1n) is 4.20. The van der Waals surface area contributed by atoms with Crippen molar-refractivity contribution in [3.8, 4) is 5.75 Å². The second kappa shape index (κ2) is 3.42. The van der Waals surface area contributed by atoms with Crippen molar-refractivity contribution in [1.82, 2.24) is 0 Å². The molecule has 0 saturated carbocycles. The van der Waals surface area contributed by atoms with Crippen molar-refractivity contribution in [2.75, 3.05) is 18.5 Å². The van der Waals surface area contributed by atoms with Crippen molar-refractivity contribution < 1.29 is 18.6 Å². The second-order valence-corrected chi connectivity index (χ2v) is 3.07. The van der Waals surface area contributed by atoms with E-state index in [1.807, 2.05) is 0 Å². The molecule has 1 unspecified atom stereocenters. The molecule has 3 nitrogen and oxygen atoms in total. The number of halogens is 2. The van der Waals surface area contributed by atoms with Crippen molar-refractivity contribution in [2.24, 2.45) is 0 Å². The van der Waals surface area contributed by atoms with E-state index in [2.05, 4.69) is 5.32 Å². The zero-order valence-corrected chi connectivity index (χ0v) is 7.26. The van der Waals surface area contributed by atoms with Crippen LogP contribution in [0.4, 0.5) is 14.5 Å². The molecule has 0 spiro atoms. The number of fused-ring (bicyclic) bond motifs is 1. The van der Waals surface area contributed by atoms with Gasteiger partial charge in [-0.05, 0) is 12.1 Å². The van der Waals surface area contributed by atoms with Gasteiger partial charge in [-0.1, -0.05) is 0 Å². The van der Waals surface area contributed by atoms with E-state index in [1.54, 1.807) is 0 Å². The standard InChI is InChI=1S/C9H9F2NO2/c10-6-1-2-7-9(8(6)11)14-4-5(3-13)12-7/h1-2,5,12-13H,3-4H2. The van der Waals surface area contributed by atoms with E-state index in [1.165, 1.54) is 6.07 Å². The van der Waals surface area contributed by atoms with E-state index in [0.717, 1.165) is 6.07 Å². The molecular formula is C9H9F2NO2. The van der Waals surface area contributed by atoms with E-state index in [4.69, 9.17) is 9.84 Å². The molecule has 1 aliphatic rings. The molecule has 5 heteroatoms. The molecule has 1 aromatic carbocycles. The van der Waals surface area contributed by atoms with Crippen LogP contribution >= 0.6 is 0 Å². The molecule has 1 atom stereocenters. The Morgan fingerprint density at radius 3 is 3.00 bits per heavy atom. The number of hydrogen-bond donors (Lipinski definition) is 2. The Morgan fingerprint density at radius 2 is 2.29 bits per heavy atom. The summed E-state index contributed by atoms with van der Waals surface area (Å²) in [6, 6.07) is 2.13. The molecule has 2 N–H and O–H groups in total. The smallest absolute Gasteiger partial charge is 0.202 e. The number of nitrogens with one attached hydrogen (secondary N) is 1. The van der Waals surface area contributed by atoms with Gasteiger partial charge in [-0.15, -0.1) is 0 Å². The second-order valence-electron chi connectivity index (χ2n) is 3.07. The number of anilines is 1. The highest BCUT2D eigenvalue weighted by atomic mass is 19.2. The lowest BCUT2D eigenvalue weighted by Gasteiger charge is -2.26. The summed E-state index contributed by atoms with van der Waals surface area (Å²) < 4.78 is 30.9. The van der Waals surface area contributed by atoms with Crippen LogP contribution in [0.15, 0.2) is 12.1 Å². The fourth-order valence-electron chi connectivity index (χ4n) is 1.33. The summed E-state index contributed by atoms with van der Waals surface area (Å²) in [6.07, 6.45) is 0. The van der Waals surface area contributed by atoms with Gasteiger partial charge in [0.2, 0.25) is 5.82 Å². The Bertz CT molecular complexity index is 357. The van der Waals surface area contributed by atoms with Gasteiger partial charge >= 0.3 is 0 Å². The number of aliphatic hydroxyl groups is 1. The summed E-state index contributed by atoms with van der Waals surface area (Å²) in [5.74, 6) is -2.05. The first kappa shape index (κ1) is 9.21. The molecule has 1 aromatic rings. The van der Waals surface area contributed by atoms with E-state index in [0.29, 0.717) is 5.69 Å². The van der Waals surface area contributed by atoms with Crippen molar-refractivity contribution in [2.45, 2.75) is 6.04 Å². The first-order chi connectivity index (χ1) is 6.72. The van der Waals surface area contributed by atoms with Crippen LogP contribution in [0.1, 0.15) is 0 Å². The highest BCUT2D eigenvalue weighted by Gasteiger charge is 2.22. The fourth-order valence-corrected chi connectivity index (χ4v) is 1.33. The van der Waals surface area contributed by atoms with Gasteiger partial charge in [0.25, 0.3) is 0 Å². The summed E-state index contributed by atoms with van der Waals surface area (Å²) in [5, 5.41) is 11.7. The van der Waals surface area contributed by atoms with Gasteiger partial charge in [0.1, 0.15) is 6.61 Å². The Balaban J connectivity index is 2.36. The van der Waals surface area contributed by atoms with Gasteiger partial charge in [-0.25, -0.2) is 4.39 Å². The zero-order valence-electron chi connectivity index (χ0n) is 7.26. The van der Waals surface area contributed by atoms with E-state index in [-0.39, 0.29) is 25.0 Å². The first-order valence-corrected chi connectivity index (χ1v) is 4.20. The zero-order chi connectivity index (χ0) is 10.1. The predicted molar refractivity (Wildman–Crippen MR) is 46.3 cm³/mol. The third-order valence-electron chi connectivity index (χ3n) is 2.06. The number of rotatable bonds is 1. The van der Waals surface area contributed by atoms with E-state index in [9.17, 15) is 8.78 Å². The fraction of sp³-hybridized carbons (Fsp3) is 0.333. The lowest BCUT2D eigenvalue weighted by atomic mass is 10.2. The van der Waals surface area contributed by atoms with Crippen LogP contribution in [0.3, 0.4) is 0 Å². The SMILES string of the molecule is OCC1COc2c(ccc(F)c2F)N1. The van der Waals surface area contributed by atoms with E-state index < -0.39 is 11.6 Å². The molecule has 0 bridgehead atoms. The van der Waals surface area contributed by atoms with Crippen LogP contribution in [0, 0.1) is 11.6 Å². The summed E-state index contributed by atoms with van der Waals surface area (Å²) in [4.78, 5) is 0. The summed E-state index contributed by atoms with van der Waals surface area (Å²) in [5.41, 5.74) is 0.370. The summed E-state index contributed by atoms with van der Waals surface area (Å²) in [7, 11) is 0. The molecule has 0 amide bonds. The minimum atomic E-state index is -0.994. The number of benzene rings is 1. The monoisotopic (exact) mass is 201 g/mol. The highest BCUT2D eigenvalue weighted by Crippen LogP contribution is 2.32. The highest BCUT2D eigenvalue weighted by molar-refractivity contribution is 5.59. The lowest BCUT2D eigenvalue weighted by Crippen LogP contribution is -2.34. The predicted octanol–water partition coefficient (Wildman–Crippen LogP) is 1.13. The maximum absolute atomic E-state index is 13.1. The van der Waals surface area contributed by atoms with Crippen LogP contribution < -0.4 is 10.1 Å². The maximum Gasteiger partial charge on any atom is 0.202 e. The van der Waals surface area contributed by atoms with Crippen LogP contribution in [0.2, 0.25) is 0 Å². The molecule has 0 aromatic heterocycles. The minimum Gasteiger partial charge on any atom is -0.486 e. The molecule has 0 radical (unpaired) electrons. The molecule has 0 fully saturated rings. The van der Waals surface area contributed by atoms with Crippen molar-refractivity contribution >= 4 is 5.69 Å². The van der Waals surface area contributed by atoms with Crippen LogP contribution in [-0.2, 0) is 0 Å². The van der Waals surface area contributed by atoms with Crippen molar-refractivity contribution in [1.29, 1.82) is 0 Å². The van der Waals surface area contributed by atoms with Gasteiger partial charge in [-0.3, -0.25) is 0 Å². The average molecular weight is 201 g/mol. The molecule has 14 heavy (non-hydrogen) atoms. The Labute approximate surface area is 79.3 Å². The summed E-state index contributed by atoms with van der Waals surface area (Å²) in [6.45, 7) is 0.0162. The summed E-state index contributed by atoms with van der Waals surface area (Å²) >= 11 is 0. The normalized spacial score (nSPS) is 19.5. The Hall–Kier alpha value is -1.36. The van der Waals surface area contributed by atoms with Crippen LogP contribution in [-0.4, -0.2) is 24.4 Å². The average Bonchev–Trinajstić information content (AvgIpc) is 2.23. The van der Waals surface area contributed by atoms with E-state index >= 15 is 0 Å². The van der Waals surface area contributed by atoms with Gasteiger partial charge < -0.3 is 15.2 Å². The Kier molecular flexibility index (Phi) is 2.25. The molecule has 1 aliphatic heterocycles. The Morgan fingerprint density at radius 1 is 1.50 bits per heavy atom. The number of ether oxygens (including phenoxy) is 1. The van der Waals surface area contributed by atoms with Gasteiger partial charge in [-0.2, -0.15) is 4.39 Å². The van der Waals surface area contributed by atoms with Gasteiger partial charge in [0.15, 0.2) is 11.6 Å². The molecule has 2 rings (SSSR count). The largest absolute Gasteiger partial charge is 0.486 e. The molecule has 1 heterocycles. The molecular weight excluding hydrogens is 192 g/mol. The maximum atomic E-state index is 13.1. The van der Waals surface area contributed by atoms with Crippen LogP contribution in [0.5, 0.6) is 5.75 Å². The topological polar surface area (TPSA) is 41.5 Å². The quantitative estimate of drug-likeness (QED) is 0.715. The van der Waals surface area contributed by atoms with Gasteiger partial charge in [0, 0.05) is 0 Å². The third-order valence-corrected chi connectivity index (χ3v) is 2.06. The van der Waals surface area contributed by atoms with Gasteiger partial charge in [0.05, 0.1) is 18.3 Å². The molecule has 0 saturated heterocycles. The molecule has 76 valence electrons. The molecule has 0 aliphatic carbocycles. The van der Waals surface area contributed by atoms with Crippen LogP contribution in [0.25, 0.3) is 0 Å². The van der Waals surface area contributed by atoms with Crippen molar-refractivity contribution in [3.63, 3.8) is 0 Å². The number of aliphatic hydroxyl groups excluding tert-OH is 1. The van der Waals surface area contributed by atoms with Crippen molar-refractivity contribution in [3.05, 3.63) is 23.8 Å².